The van der Waals surface area contributed by atoms with Crippen molar-refractivity contribution >= 4 is 23.2 Å². The molecule has 0 spiro atoms. The van der Waals surface area contributed by atoms with Crippen LogP contribution in [0.5, 0.6) is 0 Å². The summed E-state index contributed by atoms with van der Waals surface area (Å²) >= 11 is 0. The van der Waals surface area contributed by atoms with Crippen molar-refractivity contribution in [2.45, 2.75) is 32.5 Å². The molecule has 10 heteroatoms. The van der Waals surface area contributed by atoms with Crippen LogP contribution in [-0.2, 0) is 17.5 Å². The SMILES string of the molecule is Cc1cc(C(=O)Nc2ccc(C(F)(F)F)cc2)nn1Cc1cccc(N2CCN(C(=O)C3CC3)CC2)c1. The first-order valence-electron chi connectivity index (χ1n) is 12.3. The van der Waals surface area contributed by atoms with Crippen LogP contribution >= 0.6 is 0 Å². The molecular formula is C27H28F3N5O2. The number of piperazine rings is 1. The molecule has 2 amide bonds. The summed E-state index contributed by atoms with van der Waals surface area (Å²) in [5, 5.41) is 7.02. The summed E-state index contributed by atoms with van der Waals surface area (Å²) in [4.78, 5) is 29.2. The van der Waals surface area contributed by atoms with Gasteiger partial charge in [-0.25, -0.2) is 0 Å². The topological polar surface area (TPSA) is 70.5 Å². The first-order valence-corrected chi connectivity index (χ1v) is 12.3. The van der Waals surface area contributed by atoms with Crippen molar-refractivity contribution in [3.8, 4) is 0 Å². The second kappa shape index (κ2) is 9.91. The Labute approximate surface area is 212 Å². The number of halogens is 3. The summed E-state index contributed by atoms with van der Waals surface area (Å²) in [6, 6.07) is 14.1. The monoisotopic (exact) mass is 511 g/mol. The van der Waals surface area contributed by atoms with Crippen molar-refractivity contribution in [2.24, 2.45) is 5.92 Å². The Morgan fingerprint density at radius 3 is 2.35 bits per heavy atom. The van der Waals surface area contributed by atoms with Gasteiger partial charge in [-0.15, -0.1) is 0 Å². The standard InChI is InChI=1S/C27H28F3N5O2/c1-18-15-24(25(36)31-22-9-7-21(8-10-22)27(28,29)30)32-35(18)17-19-3-2-4-23(16-19)33-11-13-34(14-12-33)26(37)20-5-6-20/h2-4,7-10,15-16,20H,5-6,11-14,17H2,1H3,(H,31,36). The molecule has 1 saturated carbocycles. The van der Waals surface area contributed by atoms with Crippen molar-refractivity contribution in [2.75, 3.05) is 36.4 Å². The summed E-state index contributed by atoms with van der Waals surface area (Å²) in [7, 11) is 0. The molecule has 194 valence electrons. The Morgan fingerprint density at radius 2 is 1.70 bits per heavy atom. The van der Waals surface area contributed by atoms with E-state index in [4.69, 9.17) is 0 Å². The first-order chi connectivity index (χ1) is 17.7. The zero-order chi connectivity index (χ0) is 26.2. The van der Waals surface area contributed by atoms with Gasteiger partial charge in [0.25, 0.3) is 5.91 Å². The van der Waals surface area contributed by atoms with Crippen LogP contribution in [0.4, 0.5) is 24.5 Å². The van der Waals surface area contributed by atoms with Crippen LogP contribution in [0.2, 0.25) is 0 Å². The maximum Gasteiger partial charge on any atom is 0.416 e. The Bertz CT molecular complexity index is 1290. The molecule has 1 aromatic heterocycles. The molecule has 5 rings (SSSR count). The van der Waals surface area contributed by atoms with E-state index in [1.807, 2.05) is 24.0 Å². The number of nitrogens with one attached hydrogen (secondary N) is 1. The Balaban J connectivity index is 1.21. The van der Waals surface area contributed by atoms with E-state index in [-0.39, 0.29) is 17.3 Å². The van der Waals surface area contributed by atoms with E-state index in [1.54, 1.807) is 10.7 Å². The lowest BCUT2D eigenvalue weighted by molar-refractivity contribution is -0.137. The van der Waals surface area contributed by atoms with Crippen LogP contribution in [0.15, 0.2) is 54.6 Å². The number of benzene rings is 2. The van der Waals surface area contributed by atoms with Gasteiger partial charge < -0.3 is 15.1 Å². The highest BCUT2D eigenvalue weighted by Crippen LogP contribution is 2.32. The van der Waals surface area contributed by atoms with Gasteiger partial charge in [0.05, 0.1) is 12.1 Å². The number of nitrogens with zero attached hydrogens (tertiary/aromatic N) is 4. The number of alkyl halides is 3. The molecule has 1 N–H and O–H groups in total. The third-order valence-electron chi connectivity index (χ3n) is 6.81. The van der Waals surface area contributed by atoms with E-state index in [9.17, 15) is 22.8 Å². The third kappa shape index (κ3) is 5.79. The summed E-state index contributed by atoms with van der Waals surface area (Å²) in [6.45, 7) is 5.35. The highest BCUT2D eigenvalue weighted by molar-refractivity contribution is 6.02. The number of carbonyl (C=O) groups is 2. The lowest BCUT2D eigenvalue weighted by Gasteiger charge is -2.36. The van der Waals surface area contributed by atoms with E-state index in [1.165, 1.54) is 12.1 Å². The Hall–Kier alpha value is -3.82. The van der Waals surface area contributed by atoms with Crippen molar-refractivity contribution in [3.63, 3.8) is 0 Å². The number of hydrogen-bond donors (Lipinski definition) is 1. The Kier molecular flexibility index (Phi) is 6.66. The normalized spacial score (nSPS) is 16.1. The number of anilines is 2. The van der Waals surface area contributed by atoms with Gasteiger partial charge in [0.15, 0.2) is 5.69 Å². The molecule has 2 aliphatic rings. The van der Waals surface area contributed by atoms with E-state index in [2.05, 4.69) is 27.4 Å². The lowest BCUT2D eigenvalue weighted by atomic mass is 10.1. The molecule has 2 heterocycles. The van der Waals surface area contributed by atoms with Crippen LogP contribution in [0, 0.1) is 12.8 Å². The molecule has 0 radical (unpaired) electrons. The van der Waals surface area contributed by atoms with Crippen LogP contribution in [0.3, 0.4) is 0 Å². The maximum absolute atomic E-state index is 12.8. The summed E-state index contributed by atoms with van der Waals surface area (Å²) in [5.74, 6) is 0.0452. The molecule has 7 nitrogen and oxygen atoms in total. The lowest BCUT2D eigenvalue weighted by Crippen LogP contribution is -2.49. The van der Waals surface area contributed by atoms with E-state index in [0.717, 1.165) is 68.1 Å². The van der Waals surface area contributed by atoms with Crippen LogP contribution < -0.4 is 10.2 Å². The number of hydrogen-bond acceptors (Lipinski definition) is 4. The molecule has 2 aromatic carbocycles. The van der Waals surface area contributed by atoms with E-state index in [0.29, 0.717) is 12.5 Å². The van der Waals surface area contributed by atoms with E-state index >= 15 is 0 Å². The van der Waals surface area contributed by atoms with Gasteiger partial charge in [-0.2, -0.15) is 18.3 Å². The van der Waals surface area contributed by atoms with Crippen LogP contribution in [0.1, 0.15) is 40.2 Å². The van der Waals surface area contributed by atoms with Gasteiger partial charge in [0.1, 0.15) is 0 Å². The van der Waals surface area contributed by atoms with Crippen LogP contribution in [-0.4, -0.2) is 52.7 Å². The first kappa shape index (κ1) is 24.9. The zero-order valence-electron chi connectivity index (χ0n) is 20.5. The molecule has 3 aromatic rings. The number of rotatable bonds is 6. The quantitative estimate of drug-likeness (QED) is 0.527. The fraction of sp³-hybridized carbons (Fsp3) is 0.370. The molecule has 0 bridgehead atoms. The van der Waals surface area contributed by atoms with Gasteiger partial charge >= 0.3 is 6.18 Å². The summed E-state index contributed by atoms with van der Waals surface area (Å²) in [5.41, 5.74) is 2.56. The summed E-state index contributed by atoms with van der Waals surface area (Å²) < 4.78 is 40.0. The molecule has 0 atom stereocenters. The second-order valence-electron chi connectivity index (χ2n) is 9.61. The molecule has 2 fully saturated rings. The molecule has 0 unspecified atom stereocenters. The Morgan fingerprint density at radius 1 is 1.00 bits per heavy atom. The summed E-state index contributed by atoms with van der Waals surface area (Å²) in [6.07, 6.45) is -2.39. The average molecular weight is 512 g/mol. The fourth-order valence-corrected chi connectivity index (χ4v) is 4.52. The fourth-order valence-electron chi connectivity index (χ4n) is 4.52. The average Bonchev–Trinajstić information content (AvgIpc) is 3.67. The minimum atomic E-state index is -4.43. The van der Waals surface area contributed by atoms with Gasteiger partial charge in [-0.05, 0) is 67.8 Å². The largest absolute Gasteiger partial charge is 0.416 e. The second-order valence-corrected chi connectivity index (χ2v) is 9.61. The highest BCUT2D eigenvalue weighted by atomic mass is 19.4. The van der Waals surface area contributed by atoms with Crippen molar-refractivity contribution in [3.05, 3.63) is 77.1 Å². The van der Waals surface area contributed by atoms with Gasteiger partial charge in [-0.1, -0.05) is 12.1 Å². The minimum Gasteiger partial charge on any atom is -0.368 e. The number of aryl methyl sites for hydroxylation is 1. The smallest absolute Gasteiger partial charge is 0.368 e. The van der Waals surface area contributed by atoms with Crippen molar-refractivity contribution in [1.29, 1.82) is 0 Å². The minimum absolute atomic E-state index is 0.185. The number of amides is 2. The molecular weight excluding hydrogens is 483 g/mol. The highest BCUT2D eigenvalue weighted by Gasteiger charge is 2.34. The number of aromatic nitrogens is 2. The predicted octanol–water partition coefficient (Wildman–Crippen LogP) is 4.57. The van der Waals surface area contributed by atoms with Crippen LogP contribution in [0.25, 0.3) is 0 Å². The van der Waals surface area contributed by atoms with Gasteiger partial charge in [0, 0.05) is 49.2 Å². The molecule has 37 heavy (non-hydrogen) atoms. The molecule has 1 saturated heterocycles. The van der Waals surface area contributed by atoms with Crippen molar-refractivity contribution < 1.29 is 22.8 Å². The van der Waals surface area contributed by atoms with E-state index < -0.39 is 17.6 Å². The van der Waals surface area contributed by atoms with Gasteiger partial charge in [0.2, 0.25) is 5.91 Å². The molecule has 1 aliphatic heterocycles. The maximum atomic E-state index is 12.8. The molecule has 1 aliphatic carbocycles. The van der Waals surface area contributed by atoms with Crippen molar-refractivity contribution in [1.82, 2.24) is 14.7 Å². The van der Waals surface area contributed by atoms with Gasteiger partial charge in [-0.3, -0.25) is 14.3 Å². The predicted molar refractivity (Wildman–Crippen MR) is 133 cm³/mol. The zero-order valence-corrected chi connectivity index (χ0v) is 20.5. The third-order valence-corrected chi connectivity index (χ3v) is 6.81. The number of carbonyl (C=O) groups excluding carboxylic acids is 2.